The van der Waals surface area contributed by atoms with Crippen LogP contribution in [-0.4, -0.2) is 18.6 Å². The quantitative estimate of drug-likeness (QED) is 0.906. The van der Waals surface area contributed by atoms with Crippen molar-refractivity contribution < 1.29 is 8.42 Å². The van der Waals surface area contributed by atoms with Crippen LogP contribution < -0.4 is 4.72 Å². The van der Waals surface area contributed by atoms with E-state index >= 15 is 0 Å². The Morgan fingerprint density at radius 2 is 2.11 bits per heavy atom. The van der Waals surface area contributed by atoms with Crippen LogP contribution in [0.3, 0.4) is 0 Å². The number of halogens is 2. The first-order valence-electron chi connectivity index (χ1n) is 5.20. The van der Waals surface area contributed by atoms with Crippen molar-refractivity contribution in [2.24, 2.45) is 0 Å². The van der Waals surface area contributed by atoms with Gasteiger partial charge in [0.05, 0.1) is 22.2 Å². The van der Waals surface area contributed by atoms with E-state index in [4.69, 9.17) is 11.6 Å². The summed E-state index contributed by atoms with van der Waals surface area (Å²) in [6.07, 6.45) is 1.52. The van der Waals surface area contributed by atoms with Gasteiger partial charge >= 0.3 is 0 Å². The summed E-state index contributed by atoms with van der Waals surface area (Å²) in [7, 11) is -3.60. The minimum atomic E-state index is -3.60. The van der Waals surface area contributed by atoms with Gasteiger partial charge in [-0.05, 0) is 46.3 Å². The van der Waals surface area contributed by atoms with Crippen LogP contribution in [0.15, 0.2) is 45.9 Å². The summed E-state index contributed by atoms with van der Waals surface area (Å²) in [6.45, 7) is 0.0798. The van der Waals surface area contributed by atoms with Crippen molar-refractivity contribution in [2.75, 3.05) is 0 Å². The first-order chi connectivity index (χ1) is 8.99. The standard InChI is InChI=1S/C11H9BrClN3O2S/c12-10-6-9(3-4-11(10)13)19(17,18)15-7-8-2-1-5-14-16-8/h1-6,15H,7H2. The second-order valence-electron chi connectivity index (χ2n) is 3.62. The molecular weight excluding hydrogens is 354 g/mol. The van der Waals surface area contributed by atoms with Crippen LogP contribution in [0.1, 0.15) is 5.69 Å². The maximum atomic E-state index is 12.0. The maximum Gasteiger partial charge on any atom is 0.240 e. The zero-order valence-electron chi connectivity index (χ0n) is 9.55. The molecule has 0 radical (unpaired) electrons. The first-order valence-corrected chi connectivity index (χ1v) is 7.86. The predicted octanol–water partition coefficient (Wildman–Crippen LogP) is 2.37. The van der Waals surface area contributed by atoms with Crippen molar-refractivity contribution in [2.45, 2.75) is 11.4 Å². The largest absolute Gasteiger partial charge is 0.240 e. The van der Waals surface area contributed by atoms with Gasteiger partial charge in [-0.15, -0.1) is 0 Å². The second kappa shape index (κ2) is 5.96. The predicted molar refractivity (Wildman–Crippen MR) is 75.2 cm³/mol. The topological polar surface area (TPSA) is 72.0 Å². The highest BCUT2D eigenvalue weighted by atomic mass is 79.9. The molecule has 0 bridgehead atoms. The molecule has 0 unspecified atom stereocenters. The second-order valence-corrected chi connectivity index (χ2v) is 6.64. The summed E-state index contributed by atoms with van der Waals surface area (Å²) < 4.78 is 27.1. The summed E-state index contributed by atoms with van der Waals surface area (Å²) in [4.78, 5) is 0.132. The summed E-state index contributed by atoms with van der Waals surface area (Å²) in [6, 6.07) is 7.78. The Balaban J connectivity index is 2.16. The molecule has 0 aliphatic rings. The lowest BCUT2D eigenvalue weighted by atomic mass is 10.4. The fourth-order valence-corrected chi connectivity index (χ4v) is 3.00. The minimum Gasteiger partial charge on any atom is -0.207 e. The monoisotopic (exact) mass is 361 g/mol. The zero-order valence-corrected chi connectivity index (χ0v) is 12.7. The van der Waals surface area contributed by atoms with Gasteiger partial charge in [-0.3, -0.25) is 0 Å². The van der Waals surface area contributed by atoms with Crippen LogP contribution in [0.2, 0.25) is 5.02 Å². The lowest BCUT2D eigenvalue weighted by Gasteiger charge is -2.07. The number of nitrogens with zero attached hydrogens (tertiary/aromatic N) is 2. The molecule has 1 heterocycles. The molecular formula is C11H9BrClN3O2S. The Morgan fingerprint density at radius 3 is 2.74 bits per heavy atom. The van der Waals surface area contributed by atoms with Gasteiger partial charge < -0.3 is 0 Å². The third-order valence-electron chi connectivity index (χ3n) is 2.27. The zero-order chi connectivity index (χ0) is 13.9. The Labute approximate surface area is 124 Å². The van der Waals surface area contributed by atoms with Crippen LogP contribution in [0, 0.1) is 0 Å². The average Bonchev–Trinajstić information content (AvgIpc) is 2.41. The maximum absolute atomic E-state index is 12.0. The van der Waals surface area contributed by atoms with Gasteiger partial charge in [0, 0.05) is 10.7 Å². The molecule has 0 atom stereocenters. The van der Waals surface area contributed by atoms with Crippen LogP contribution in [0.5, 0.6) is 0 Å². The van der Waals surface area contributed by atoms with Gasteiger partial charge in [0.1, 0.15) is 0 Å². The fraction of sp³-hybridized carbons (Fsp3) is 0.0909. The Kier molecular flexibility index (Phi) is 4.51. The van der Waals surface area contributed by atoms with Crippen molar-refractivity contribution >= 4 is 37.6 Å². The van der Waals surface area contributed by atoms with E-state index in [1.807, 2.05) is 0 Å². The number of rotatable bonds is 4. The number of benzene rings is 1. The van der Waals surface area contributed by atoms with E-state index in [1.54, 1.807) is 12.1 Å². The highest BCUT2D eigenvalue weighted by Crippen LogP contribution is 2.25. The molecule has 100 valence electrons. The number of hydrogen-bond acceptors (Lipinski definition) is 4. The van der Waals surface area contributed by atoms with Gasteiger partial charge in [0.2, 0.25) is 10.0 Å². The molecule has 2 rings (SSSR count). The fourth-order valence-electron chi connectivity index (χ4n) is 1.32. The summed E-state index contributed by atoms with van der Waals surface area (Å²) in [5.41, 5.74) is 0.541. The van der Waals surface area contributed by atoms with Gasteiger partial charge in [0.15, 0.2) is 0 Å². The van der Waals surface area contributed by atoms with Crippen LogP contribution >= 0.6 is 27.5 Å². The van der Waals surface area contributed by atoms with Crippen molar-refractivity contribution in [3.63, 3.8) is 0 Å². The van der Waals surface area contributed by atoms with E-state index in [9.17, 15) is 8.42 Å². The molecule has 0 aliphatic carbocycles. The molecule has 0 spiro atoms. The van der Waals surface area contributed by atoms with Gasteiger partial charge in [-0.25, -0.2) is 13.1 Å². The summed E-state index contributed by atoms with van der Waals surface area (Å²) >= 11 is 9.01. The van der Waals surface area contributed by atoms with Gasteiger partial charge in [-0.2, -0.15) is 10.2 Å². The van der Waals surface area contributed by atoms with Crippen molar-refractivity contribution in [3.05, 3.63) is 51.7 Å². The van der Waals surface area contributed by atoms with E-state index in [0.29, 0.717) is 15.2 Å². The molecule has 8 heteroatoms. The van der Waals surface area contributed by atoms with E-state index in [-0.39, 0.29) is 11.4 Å². The normalized spacial score (nSPS) is 11.5. The lowest BCUT2D eigenvalue weighted by Crippen LogP contribution is -2.23. The molecule has 1 aromatic carbocycles. The number of aromatic nitrogens is 2. The molecule has 1 aromatic heterocycles. The van der Waals surface area contributed by atoms with E-state index in [1.165, 1.54) is 24.4 Å². The third-order valence-corrected chi connectivity index (χ3v) is 4.89. The Bertz CT molecular complexity index is 680. The molecule has 0 fully saturated rings. The highest BCUT2D eigenvalue weighted by Gasteiger charge is 2.15. The highest BCUT2D eigenvalue weighted by molar-refractivity contribution is 9.10. The molecule has 0 amide bonds. The molecule has 0 saturated carbocycles. The van der Waals surface area contributed by atoms with E-state index < -0.39 is 10.0 Å². The van der Waals surface area contributed by atoms with Crippen LogP contribution in [-0.2, 0) is 16.6 Å². The third kappa shape index (κ3) is 3.73. The molecule has 2 aromatic rings. The van der Waals surface area contributed by atoms with Gasteiger partial charge in [0.25, 0.3) is 0 Å². The van der Waals surface area contributed by atoms with Gasteiger partial charge in [-0.1, -0.05) is 11.6 Å². The minimum absolute atomic E-state index is 0.0798. The average molecular weight is 363 g/mol. The van der Waals surface area contributed by atoms with Crippen LogP contribution in [0.25, 0.3) is 0 Å². The summed E-state index contributed by atoms with van der Waals surface area (Å²) in [5, 5.41) is 7.93. The van der Waals surface area contributed by atoms with Crippen molar-refractivity contribution in [1.82, 2.24) is 14.9 Å². The smallest absolute Gasteiger partial charge is 0.207 e. The van der Waals surface area contributed by atoms with Crippen molar-refractivity contribution in [1.29, 1.82) is 0 Å². The van der Waals surface area contributed by atoms with Crippen LogP contribution in [0.4, 0.5) is 0 Å². The van der Waals surface area contributed by atoms with E-state index in [0.717, 1.165) is 0 Å². The molecule has 19 heavy (non-hydrogen) atoms. The number of sulfonamides is 1. The lowest BCUT2D eigenvalue weighted by molar-refractivity contribution is 0.580. The summed E-state index contributed by atoms with van der Waals surface area (Å²) in [5.74, 6) is 0. The molecule has 5 nitrogen and oxygen atoms in total. The molecule has 1 N–H and O–H groups in total. The molecule has 0 saturated heterocycles. The molecule has 0 aliphatic heterocycles. The van der Waals surface area contributed by atoms with E-state index in [2.05, 4.69) is 30.8 Å². The first kappa shape index (κ1) is 14.4. The number of hydrogen-bond donors (Lipinski definition) is 1. The Morgan fingerprint density at radius 1 is 1.32 bits per heavy atom. The SMILES string of the molecule is O=S(=O)(NCc1cccnn1)c1ccc(Cl)c(Br)c1. The Hall–Kier alpha value is -1.02. The number of nitrogens with one attached hydrogen (secondary N) is 1. The van der Waals surface area contributed by atoms with Crippen molar-refractivity contribution in [3.8, 4) is 0 Å².